The lowest BCUT2D eigenvalue weighted by atomic mass is 9.79. The van der Waals surface area contributed by atoms with Crippen molar-refractivity contribution in [3.8, 4) is 0 Å². The first-order valence-electron chi connectivity index (χ1n) is 9.07. The van der Waals surface area contributed by atoms with E-state index >= 15 is 0 Å². The van der Waals surface area contributed by atoms with Crippen LogP contribution in [0.25, 0.3) is 0 Å². The van der Waals surface area contributed by atoms with Crippen LogP contribution in [0.3, 0.4) is 0 Å². The fraction of sp³-hybridized carbons (Fsp3) is 0.556. The summed E-state index contributed by atoms with van der Waals surface area (Å²) in [7, 11) is 1.93. The van der Waals surface area contributed by atoms with Crippen LogP contribution >= 0.6 is 0 Å². The van der Waals surface area contributed by atoms with Crippen LogP contribution in [0.1, 0.15) is 18.4 Å². The lowest BCUT2D eigenvalue weighted by Gasteiger charge is -2.44. The SMILES string of the molecule is Cn1cc(CN2CC[C@H]3OCC[C@@H](C(=O)Nc4cnccn4)[C@@H]3C2)cn1. The van der Waals surface area contributed by atoms with Crippen LogP contribution in [0.2, 0.25) is 0 Å². The van der Waals surface area contributed by atoms with Gasteiger partial charge in [0.25, 0.3) is 0 Å². The number of piperidine rings is 1. The van der Waals surface area contributed by atoms with Gasteiger partial charge in [-0.25, -0.2) is 4.98 Å². The largest absolute Gasteiger partial charge is 0.378 e. The fourth-order valence-corrected chi connectivity index (χ4v) is 4.05. The highest BCUT2D eigenvalue weighted by molar-refractivity contribution is 5.91. The van der Waals surface area contributed by atoms with E-state index in [0.717, 1.165) is 32.5 Å². The second-order valence-electron chi connectivity index (χ2n) is 7.09. The minimum absolute atomic E-state index is 0.0204. The van der Waals surface area contributed by atoms with Crippen molar-refractivity contribution < 1.29 is 9.53 Å². The van der Waals surface area contributed by atoms with Crippen LogP contribution in [0.15, 0.2) is 31.0 Å². The molecule has 3 atom stereocenters. The quantitative estimate of drug-likeness (QED) is 0.882. The van der Waals surface area contributed by atoms with Crippen LogP contribution in [0.5, 0.6) is 0 Å². The van der Waals surface area contributed by atoms with Gasteiger partial charge in [-0.3, -0.25) is 19.4 Å². The van der Waals surface area contributed by atoms with Crippen molar-refractivity contribution in [2.75, 3.05) is 25.0 Å². The number of anilines is 1. The highest BCUT2D eigenvalue weighted by Crippen LogP contribution is 2.34. The van der Waals surface area contributed by atoms with Gasteiger partial charge < -0.3 is 10.1 Å². The first kappa shape index (κ1) is 17.1. The summed E-state index contributed by atoms with van der Waals surface area (Å²) in [6.45, 7) is 3.34. The van der Waals surface area contributed by atoms with E-state index in [4.69, 9.17) is 4.74 Å². The first-order valence-corrected chi connectivity index (χ1v) is 9.07. The summed E-state index contributed by atoms with van der Waals surface area (Å²) >= 11 is 0. The second kappa shape index (κ2) is 7.51. The molecular weight excluding hydrogens is 332 g/mol. The number of carbonyl (C=O) groups excluding carboxylic acids is 1. The molecule has 1 N–H and O–H groups in total. The number of nitrogens with zero attached hydrogens (tertiary/aromatic N) is 5. The summed E-state index contributed by atoms with van der Waals surface area (Å²) in [5, 5.41) is 7.15. The molecule has 0 bridgehead atoms. The number of carbonyl (C=O) groups is 1. The molecule has 0 aliphatic carbocycles. The third-order valence-corrected chi connectivity index (χ3v) is 5.27. The highest BCUT2D eigenvalue weighted by Gasteiger charge is 2.41. The van der Waals surface area contributed by atoms with Gasteiger partial charge in [0.1, 0.15) is 0 Å². The zero-order chi connectivity index (χ0) is 17.9. The summed E-state index contributed by atoms with van der Waals surface area (Å²) in [5.41, 5.74) is 1.20. The molecule has 4 rings (SSSR count). The lowest BCUT2D eigenvalue weighted by Crippen LogP contribution is -2.52. The predicted molar refractivity (Wildman–Crippen MR) is 95.1 cm³/mol. The normalized spacial score (nSPS) is 26.3. The molecule has 4 heterocycles. The summed E-state index contributed by atoms with van der Waals surface area (Å²) in [6, 6.07) is 0. The molecule has 2 saturated heterocycles. The maximum atomic E-state index is 12.8. The Hall–Kier alpha value is -2.32. The maximum Gasteiger partial charge on any atom is 0.229 e. The topological polar surface area (TPSA) is 85.2 Å². The Morgan fingerprint density at radius 1 is 1.35 bits per heavy atom. The van der Waals surface area contributed by atoms with Crippen molar-refractivity contribution in [3.63, 3.8) is 0 Å². The van der Waals surface area contributed by atoms with Gasteiger partial charge in [0, 0.05) is 69.3 Å². The number of ether oxygens (including phenoxy) is 1. The molecule has 0 spiro atoms. The molecule has 0 aromatic carbocycles. The van der Waals surface area contributed by atoms with E-state index in [1.807, 2.05) is 24.1 Å². The lowest BCUT2D eigenvalue weighted by molar-refractivity contribution is -0.137. The molecular formula is C18H24N6O2. The van der Waals surface area contributed by atoms with Crippen LogP contribution < -0.4 is 5.32 Å². The molecule has 2 aliphatic rings. The Balaban J connectivity index is 1.43. The molecule has 2 aromatic heterocycles. The fourth-order valence-electron chi connectivity index (χ4n) is 4.05. The van der Waals surface area contributed by atoms with E-state index in [1.165, 1.54) is 5.56 Å². The van der Waals surface area contributed by atoms with E-state index in [0.29, 0.717) is 12.4 Å². The van der Waals surface area contributed by atoms with Crippen molar-refractivity contribution in [3.05, 3.63) is 36.5 Å². The predicted octanol–water partition coefficient (Wildman–Crippen LogP) is 1.08. The molecule has 138 valence electrons. The van der Waals surface area contributed by atoms with Crippen LogP contribution in [0, 0.1) is 11.8 Å². The van der Waals surface area contributed by atoms with Crippen LogP contribution in [-0.4, -0.2) is 56.4 Å². The third-order valence-electron chi connectivity index (χ3n) is 5.27. The van der Waals surface area contributed by atoms with Gasteiger partial charge in [-0.15, -0.1) is 0 Å². The molecule has 2 aliphatic heterocycles. The Morgan fingerprint density at radius 2 is 2.27 bits per heavy atom. The number of hydrogen-bond donors (Lipinski definition) is 1. The number of nitrogens with one attached hydrogen (secondary N) is 1. The van der Waals surface area contributed by atoms with Crippen LogP contribution in [-0.2, 0) is 23.1 Å². The van der Waals surface area contributed by atoms with Crippen molar-refractivity contribution >= 4 is 11.7 Å². The van der Waals surface area contributed by atoms with Gasteiger partial charge in [0.05, 0.1) is 18.5 Å². The Bertz CT molecular complexity index is 749. The van der Waals surface area contributed by atoms with E-state index < -0.39 is 0 Å². The minimum Gasteiger partial charge on any atom is -0.378 e. The summed E-state index contributed by atoms with van der Waals surface area (Å²) in [6.07, 6.45) is 10.6. The van der Waals surface area contributed by atoms with Gasteiger partial charge in [-0.1, -0.05) is 0 Å². The van der Waals surface area contributed by atoms with E-state index in [1.54, 1.807) is 18.6 Å². The molecule has 2 fully saturated rings. The third kappa shape index (κ3) is 3.76. The van der Waals surface area contributed by atoms with Crippen molar-refractivity contribution in [1.29, 1.82) is 0 Å². The Kier molecular flexibility index (Phi) is 4.94. The molecule has 0 saturated carbocycles. The van der Waals surface area contributed by atoms with Crippen molar-refractivity contribution in [2.45, 2.75) is 25.5 Å². The molecule has 8 heteroatoms. The monoisotopic (exact) mass is 356 g/mol. The van der Waals surface area contributed by atoms with Gasteiger partial charge in [0.2, 0.25) is 5.91 Å². The van der Waals surface area contributed by atoms with Crippen LogP contribution in [0.4, 0.5) is 5.82 Å². The second-order valence-corrected chi connectivity index (χ2v) is 7.09. The average Bonchev–Trinajstić information content (AvgIpc) is 3.06. The van der Waals surface area contributed by atoms with E-state index in [9.17, 15) is 4.79 Å². The number of hydrogen-bond acceptors (Lipinski definition) is 6. The number of rotatable bonds is 4. The standard InChI is InChI=1S/C18H24N6O2/c1-23-10-13(8-21-23)11-24-6-2-16-15(12-24)14(3-7-26-16)18(25)22-17-9-19-4-5-20-17/h4-5,8-10,14-16H,2-3,6-7,11-12H2,1H3,(H,20,22,25)/t14-,15+,16-/m1/s1. The average molecular weight is 356 g/mol. The van der Waals surface area contributed by atoms with E-state index in [2.05, 4.69) is 25.3 Å². The molecule has 1 amide bonds. The van der Waals surface area contributed by atoms with E-state index in [-0.39, 0.29) is 23.8 Å². The number of amides is 1. The van der Waals surface area contributed by atoms with Gasteiger partial charge in [-0.05, 0) is 12.8 Å². The molecule has 0 unspecified atom stereocenters. The molecule has 0 radical (unpaired) electrons. The smallest absolute Gasteiger partial charge is 0.229 e. The van der Waals surface area contributed by atoms with Gasteiger partial charge in [-0.2, -0.15) is 5.10 Å². The van der Waals surface area contributed by atoms with Crippen molar-refractivity contribution in [1.82, 2.24) is 24.6 Å². The zero-order valence-corrected chi connectivity index (χ0v) is 14.9. The summed E-state index contributed by atoms with van der Waals surface area (Å²) < 4.78 is 7.79. The maximum absolute atomic E-state index is 12.8. The number of likely N-dealkylation sites (tertiary alicyclic amines) is 1. The minimum atomic E-state index is -0.0625. The molecule has 26 heavy (non-hydrogen) atoms. The molecule has 2 aromatic rings. The summed E-state index contributed by atoms with van der Waals surface area (Å²) in [4.78, 5) is 23.4. The molecule has 8 nitrogen and oxygen atoms in total. The zero-order valence-electron chi connectivity index (χ0n) is 14.9. The number of fused-ring (bicyclic) bond motifs is 1. The number of aryl methyl sites for hydroxylation is 1. The first-order chi connectivity index (χ1) is 12.7. The highest BCUT2D eigenvalue weighted by atomic mass is 16.5. The van der Waals surface area contributed by atoms with Gasteiger partial charge in [0.15, 0.2) is 5.82 Å². The number of aromatic nitrogens is 4. The van der Waals surface area contributed by atoms with Crippen molar-refractivity contribution in [2.24, 2.45) is 18.9 Å². The Morgan fingerprint density at radius 3 is 3.04 bits per heavy atom. The van der Waals surface area contributed by atoms with Gasteiger partial charge >= 0.3 is 0 Å². The summed E-state index contributed by atoms with van der Waals surface area (Å²) in [5.74, 6) is 0.661. The Labute approximate surface area is 152 Å².